The topological polar surface area (TPSA) is 80.1 Å². The van der Waals surface area contributed by atoms with Gasteiger partial charge in [-0.25, -0.2) is 9.97 Å². The molecule has 0 bridgehead atoms. The Bertz CT molecular complexity index is 909. The Kier molecular flexibility index (Phi) is 6.11. The van der Waals surface area contributed by atoms with Gasteiger partial charge in [0.1, 0.15) is 5.52 Å². The van der Waals surface area contributed by atoms with Gasteiger partial charge in [-0.1, -0.05) is 25.7 Å². The van der Waals surface area contributed by atoms with Gasteiger partial charge in [-0.05, 0) is 44.7 Å². The van der Waals surface area contributed by atoms with Crippen LogP contribution in [0.4, 0.5) is 5.82 Å². The van der Waals surface area contributed by atoms with Crippen molar-refractivity contribution in [3.05, 3.63) is 28.7 Å². The van der Waals surface area contributed by atoms with Crippen LogP contribution in [0.3, 0.4) is 0 Å². The maximum atomic E-state index is 13.0. The lowest BCUT2D eigenvalue weighted by Gasteiger charge is -2.32. The second-order valence-corrected chi connectivity index (χ2v) is 8.29. The summed E-state index contributed by atoms with van der Waals surface area (Å²) in [5.74, 6) is 0.707. The van der Waals surface area contributed by atoms with Gasteiger partial charge >= 0.3 is 0 Å². The highest BCUT2D eigenvalue weighted by molar-refractivity contribution is 5.79. The number of aromatic nitrogens is 3. The number of carbonyl (C=O) groups is 1. The molecule has 0 radical (unpaired) electrons. The number of hydrogen-bond acceptors (Lipinski definition) is 5. The van der Waals surface area contributed by atoms with Crippen molar-refractivity contribution in [3.8, 4) is 0 Å². The number of hydrogen-bond donors (Lipinski definition) is 1. The molecule has 0 spiro atoms. The van der Waals surface area contributed by atoms with Crippen LogP contribution in [-0.2, 0) is 11.3 Å². The molecule has 0 unspecified atom stereocenters. The van der Waals surface area contributed by atoms with Gasteiger partial charge in [0.25, 0.3) is 5.56 Å². The summed E-state index contributed by atoms with van der Waals surface area (Å²) in [6.07, 6.45) is 10.4. The van der Waals surface area contributed by atoms with Crippen LogP contribution in [0.25, 0.3) is 11.2 Å². The summed E-state index contributed by atoms with van der Waals surface area (Å²) in [4.78, 5) is 36.7. The van der Waals surface area contributed by atoms with Crippen LogP contribution < -0.4 is 15.8 Å². The second kappa shape index (κ2) is 8.93. The Morgan fingerprint density at radius 1 is 1.14 bits per heavy atom. The lowest BCUT2D eigenvalue weighted by Crippen LogP contribution is -2.45. The molecule has 1 saturated heterocycles. The van der Waals surface area contributed by atoms with Crippen molar-refractivity contribution in [2.24, 2.45) is 5.92 Å². The summed E-state index contributed by atoms with van der Waals surface area (Å²) in [6, 6.07) is 4.08. The molecule has 0 aromatic carbocycles. The summed E-state index contributed by atoms with van der Waals surface area (Å²) in [5, 5.41) is 3.29. The van der Waals surface area contributed by atoms with Crippen LogP contribution >= 0.6 is 0 Å². The minimum Gasteiger partial charge on any atom is -0.353 e. The van der Waals surface area contributed by atoms with Gasteiger partial charge in [0.05, 0.1) is 0 Å². The number of rotatable bonds is 4. The monoisotopic (exact) mass is 397 g/mol. The predicted octanol–water partition coefficient (Wildman–Crippen LogP) is 2.87. The first-order chi connectivity index (χ1) is 14.2. The zero-order chi connectivity index (χ0) is 20.2. The van der Waals surface area contributed by atoms with Crippen LogP contribution in [-0.4, -0.2) is 39.6 Å². The Hall–Kier alpha value is -2.44. The molecule has 1 amide bonds. The van der Waals surface area contributed by atoms with Gasteiger partial charge in [-0.2, -0.15) is 0 Å². The number of amides is 1. The molecule has 29 heavy (non-hydrogen) atoms. The zero-order valence-electron chi connectivity index (χ0n) is 17.3. The van der Waals surface area contributed by atoms with Gasteiger partial charge in [-0.15, -0.1) is 0 Å². The molecule has 1 saturated carbocycles. The van der Waals surface area contributed by atoms with E-state index >= 15 is 0 Å². The van der Waals surface area contributed by atoms with E-state index in [4.69, 9.17) is 0 Å². The minimum atomic E-state index is -0.0972. The smallest absolute Gasteiger partial charge is 0.295 e. The Morgan fingerprint density at radius 2 is 1.86 bits per heavy atom. The molecule has 3 heterocycles. The molecular weight excluding hydrogens is 366 g/mol. The highest BCUT2D eigenvalue weighted by Crippen LogP contribution is 2.23. The molecule has 7 nitrogen and oxygen atoms in total. The first-order valence-electron chi connectivity index (χ1n) is 11.1. The van der Waals surface area contributed by atoms with Crippen LogP contribution in [0.5, 0.6) is 0 Å². The van der Waals surface area contributed by atoms with Gasteiger partial charge in [0.15, 0.2) is 11.5 Å². The minimum absolute atomic E-state index is 0.0324. The normalized spacial score (nSPS) is 19.3. The first-order valence-corrected chi connectivity index (χ1v) is 11.1. The number of carbonyl (C=O) groups excluding carboxylic acids is 1. The van der Waals surface area contributed by atoms with Crippen molar-refractivity contribution >= 4 is 22.9 Å². The molecule has 156 valence electrons. The van der Waals surface area contributed by atoms with Crippen molar-refractivity contribution in [1.29, 1.82) is 0 Å². The fourth-order valence-corrected chi connectivity index (χ4v) is 4.66. The molecule has 4 rings (SSSR count). The summed E-state index contributed by atoms with van der Waals surface area (Å²) in [7, 11) is 0. The highest BCUT2D eigenvalue weighted by atomic mass is 16.2. The van der Waals surface area contributed by atoms with Crippen molar-refractivity contribution in [2.75, 3.05) is 18.0 Å². The van der Waals surface area contributed by atoms with Gasteiger partial charge in [0.2, 0.25) is 5.91 Å². The van der Waals surface area contributed by atoms with E-state index < -0.39 is 0 Å². The van der Waals surface area contributed by atoms with Crippen molar-refractivity contribution in [1.82, 2.24) is 19.9 Å². The number of pyridine rings is 1. The number of fused-ring (bicyclic) bond motifs is 1. The highest BCUT2D eigenvalue weighted by Gasteiger charge is 2.28. The van der Waals surface area contributed by atoms with Crippen molar-refractivity contribution in [2.45, 2.75) is 70.9 Å². The zero-order valence-corrected chi connectivity index (χ0v) is 17.3. The molecule has 2 aromatic rings. The van der Waals surface area contributed by atoms with Crippen LogP contribution in [0, 0.1) is 5.92 Å². The third-order valence-corrected chi connectivity index (χ3v) is 6.37. The lowest BCUT2D eigenvalue weighted by atomic mass is 9.95. The Balaban J connectivity index is 1.44. The average molecular weight is 398 g/mol. The van der Waals surface area contributed by atoms with E-state index in [0.29, 0.717) is 37.1 Å². The summed E-state index contributed by atoms with van der Waals surface area (Å²) >= 11 is 0. The number of nitrogens with one attached hydrogen (secondary N) is 1. The Morgan fingerprint density at radius 3 is 2.55 bits per heavy atom. The summed E-state index contributed by atoms with van der Waals surface area (Å²) < 4.78 is 1.68. The van der Waals surface area contributed by atoms with Gasteiger partial charge in [-0.3, -0.25) is 14.2 Å². The molecule has 1 aliphatic carbocycles. The molecule has 2 aliphatic rings. The average Bonchev–Trinajstić information content (AvgIpc) is 3.02. The number of aryl methyl sites for hydroxylation is 1. The van der Waals surface area contributed by atoms with E-state index in [0.717, 1.165) is 31.2 Å². The molecule has 2 fully saturated rings. The van der Waals surface area contributed by atoms with Gasteiger partial charge < -0.3 is 10.2 Å². The molecule has 1 aliphatic heterocycles. The quantitative estimate of drug-likeness (QED) is 0.803. The molecule has 2 aromatic heterocycles. The Labute approximate surface area is 171 Å². The van der Waals surface area contributed by atoms with E-state index in [1.165, 1.54) is 25.7 Å². The van der Waals surface area contributed by atoms with E-state index in [1.54, 1.807) is 10.8 Å². The summed E-state index contributed by atoms with van der Waals surface area (Å²) in [6.45, 7) is 3.87. The fraction of sp³-hybridized carbons (Fsp3) is 0.636. The predicted molar refractivity (Wildman–Crippen MR) is 114 cm³/mol. The van der Waals surface area contributed by atoms with E-state index in [-0.39, 0.29) is 17.4 Å². The molecule has 1 N–H and O–H groups in total. The van der Waals surface area contributed by atoms with Gasteiger partial charge in [0, 0.05) is 37.8 Å². The molecule has 7 heteroatoms. The third-order valence-electron chi connectivity index (χ3n) is 6.37. The van der Waals surface area contributed by atoms with Crippen molar-refractivity contribution < 1.29 is 4.79 Å². The second-order valence-electron chi connectivity index (χ2n) is 8.29. The van der Waals surface area contributed by atoms with E-state index in [1.807, 2.05) is 24.0 Å². The standard InChI is InChI=1S/C22H31N5O2/c1-2-27-19-18(10-7-13-23-19)25-20(22(27)29)26-14-11-16(12-15-26)21(28)24-17-8-5-3-4-6-9-17/h7,10,13,16-17H,2-6,8-9,11-12,14-15H2,1H3,(H,24,28). The largest absolute Gasteiger partial charge is 0.353 e. The number of anilines is 1. The molecule has 0 atom stereocenters. The van der Waals surface area contributed by atoms with E-state index in [9.17, 15) is 9.59 Å². The number of nitrogens with zero attached hydrogens (tertiary/aromatic N) is 4. The molecular formula is C22H31N5O2. The number of piperidine rings is 1. The maximum Gasteiger partial charge on any atom is 0.295 e. The first kappa shape index (κ1) is 19.9. The van der Waals surface area contributed by atoms with Crippen LogP contribution in [0.2, 0.25) is 0 Å². The fourth-order valence-electron chi connectivity index (χ4n) is 4.66. The SMILES string of the molecule is CCn1c(=O)c(N2CCC(C(=O)NC3CCCCCC3)CC2)nc2cccnc21. The lowest BCUT2D eigenvalue weighted by molar-refractivity contribution is -0.126. The van der Waals surface area contributed by atoms with Crippen LogP contribution in [0.15, 0.2) is 23.1 Å². The third kappa shape index (κ3) is 4.28. The van der Waals surface area contributed by atoms with Crippen molar-refractivity contribution in [3.63, 3.8) is 0 Å². The van der Waals surface area contributed by atoms with E-state index in [2.05, 4.69) is 15.3 Å². The van der Waals surface area contributed by atoms with Crippen LogP contribution in [0.1, 0.15) is 58.3 Å². The summed E-state index contributed by atoms with van der Waals surface area (Å²) in [5.41, 5.74) is 1.26. The maximum absolute atomic E-state index is 13.0.